The van der Waals surface area contributed by atoms with E-state index in [1.807, 2.05) is 0 Å². The largest absolute Gasteiger partial charge is 0.316 e. The molecule has 0 radical (unpaired) electrons. The number of fused-ring (bicyclic) bond motifs is 1. The van der Waals surface area contributed by atoms with Gasteiger partial charge in [0.1, 0.15) is 11.1 Å². The predicted octanol–water partition coefficient (Wildman–Crippen LogP) is 2.69. The average molecular weight is 360 g/mol. The van der Waals surface area contributed by atoms with E-state index < -0.39 is 9.84 Å². The maximum atomic E-state index is 12.2. The number of carbonyl (C=O) groups excluding carboxylic acids is 1. The number of benzene rings is 1. The number of nitrogens with zero attached hydrogens (tertiary/aromatic N) is 1. The molecule has 0 fully saturated rings. The smallest absolute Gasteiger partial charge is 0.229 e. The van der Waals surface area contributed by atoms with E-state index in [1.165, 1.54) is 28.3 Å². The van der Waals surface area contributed by atoms with Gasteiger partial charge >= 0.3 is 0 Å². The molecule has 7 heteroatoms. The molecule has 1 N–H and O–H groups in total. The highest BCUT2D eigenvalue weighted by atomic mass is 32.2. The Labute approximate surface area is 144 Å². The monoisotopic (exact) mass is 360 g/mol. The van der Waals surface area contributed by atoms with Gasteiger partial charge in [0.25, 0.3) is 0 Å². The van der Waals surface area contributed by atoms with Gasteiger partial charge < -0.3 is 5.32 Å². The Morgan fingerprint density at radius 1 is 1.29 bits per heavy atom. The lowest BCUT2D eigenvalue weighted by Gasteiger charge is -2.05. The van der Waals surface area contributed by atoms with Gasteiger partial charge in [0.15, 0.2) is 9.84 Å². The van der Waals surface area contributed by atoms with Gasteiger partial charge in [-0.2, -0.15) is 5.26 Å². The normalized spacial score (nSPS) is 13.3. The summed E-state index contributed by atoms with van der Waals surface area (Å²) in [7, 11) is -3.24. The second-order valence-corrected chi connectivity index (χ2v) is 8.94. The van der Waals surface area contributed by atoms with E-state index in [4.69, 9.17) is 0 Å². The molecule has 24 heavy (non-hydrogen) atoms. The van der Waals surface area contributed by atoms with E-state index in [-0.39, 0.29) is 17.2 Å². The second-order valence-electron chi connectivity index (χ2n) is 5.81. The molecule has 0 bridgehead atoms. The van der Waals surface area contributed by atoms with Gasteiger partial charge in [0.2, 0.25) is 5.91 Å². The summed E-state index contributed by atoms with van der Waals surface area (Å²) >= 11 is 1.48. The number of anilines is 1. The molecule has 2 aromatic rings. The fourth-order valence-electron chi connectivity index (χ4n) is 2.82. The van der Waals surface area contributed by atoms with E-state index in [9.17, 15) is 18.5 Å². The van der Waals surface area contributed by atoms with Gasteiger partial charge in [-0.05, 0) is 42.5 Å². The number of nitrogens with one attached hydrogen (secondary N) is 1. The van der Waals surface area contributed by atoms with Crippen LogP contribution in [-0.4, -0.2) is 20.6 Å². The topological polar surface area (TPSA) is 87.0 Å². The summed E-state index contributed by atoms with van der Waals surface area (Å²) < 4.78 is 22.9. The molecule has 1 aliphatic carbocycles. The molecular weight excluding hydrogens is 344 g/mol. The third-order valence-electron chi connectivity index (χ3n) is 4.00. The molecule has 0 aliphatic heterocycles. The van der Waals surface area contributed by atoms with E-state index >= 15 is 0 Å². The highest BCUT2D eigenvalue weighted by molar-refractivity contribution is 7.90. The highest BCUT2D eigenvalue weighted by Crippen LogP contribution is 2.38. The van der Waals surface area contributed by atoms with Crippen molar-refractivity contribution in [1.29, 1.82) is 5.26 Å². The number of carbonyl (C=O) groups is 1. The highest BCUT2D eigenvalue weighted by Gasteiger charge is 2.23. The minimum absolute atomic E-state index is 0.136. The lowest BCUT2D eigenvalue weighted by atomic mass is 10.1. The van der Waals surface area contributed by atoms with Crippen molar-refractivity contribution in [2.24, 2.45) is 0 Å². The Hall–Kier alpha value is -2.17. The maximum absolute atomic E-state index is 12.2. The van der Waals surface area contributed by atoms with Crippen molar-refractivity contribution in [2.45, 2.75) is 30.6 Å². The first-order valence-corrected chi connectivity index (χ1v) is 10.2. The van der Waals surface area contributed by atoms with E-state index in [0.29, 0.717) is 10.6 Å². The summed E-state index contributed by atoms with van der Waals surface area (Å²) in [5, 5.41) is 12.8. The van der Waals surface area contributed by atoms with Crippen LogP contribution in [0.3, 0.4) is 0 Å². The standard InChI is InChI=1S/C17H16N2O3S2/c1-24(21,22)12-7-5-11(6-8-12)9-16(20)19-17-14(10-18)13-3-2-4-15(13)23-17/h5-8H,2-4,9H2,1H3,(H,19,20). The van der Waals surface area contributed by atoms with Crippen LogP contribution in [0.5, 0.6) is 0 Å². The lowest BCUT2D eigenvalue weighted by molar-refractivity contribution is -0.115. The van der Waals surface area contributed by atoms with Crippen LogP contribution in [0.1, 0.15) is 28.0 Å². The van der Waals surface area contributed by atoms with E-state index in [1.54, 1.807) is 12.1 Å². The van der Waals surface area contributed by atoms with Gasteiger partial charge in [-0.3, -0.25) is 4.79 Å². The summed E-state index contributed by atoms with van der Waals surface area (Å²) in [5.41, 5.74) is 2.39. The van der Waals surface area contributed by atoms with Crippen LogP contribution >= 0.6 is 11.3 Å². The molecule has 1 aliphatic rings. The van der Waals surface area contributed by atoms with Gasteiger partial charge in [0.05, 0.1) is 16.9 Å². The van der Waals surface area contributed by atoms with Gasteiger partial charge in [-0.15, -0.1) is 11.3 Å². The molecule has 124 valence electrons. The van der Waals surface area contributed by atoms with Crippen molar-refractivity contribution >= 4 is 32.1 Å². The minimum atomic E-state index is -3.24. The van der Waals surface area contributed by atoms with Crippen LogP contribution in [0.2, 0.25) is 0 Å². The Morgan fingerprint density at radius 3 is 2.62 bits per heavy atom. The molecule has 0 unspecified atom stereocenters. The van der Waals surface area contributed by atoms with Crippen LogP contribution in [0.25, 0.3) is 0 Å². The van der Waals surface area contributed by atoms with Crippen molar-refractivity contribution in [1.82, 2.24) is 0 Å². The van der Waals surface area contributed by atoms with E-state index in [0.717, 1.165) is 36.6 Å². The van der Waals surface area contributed by atoms with Crippen molar-refractivity contribution in [3.05, 3.63) is 45.8 Å². The molecule has 3 rings (SSSR count). The Kier molecular flexibility index (Phi) is 4.43. The molecule has 1 aromatic heterocycles. The molecule has 0 atom stereocenters. The quantitative estimate of drug-likeness (QED) is 0.908. The summed E-state index contributed by atoms with van der Waals surface area (Å²) in [4.78, 5) is 13.7. The Balaban J connectivity index is 1.72. The number of aryl methyl sites for hydroxylation is 1. The number of amides is 1. The zero-order valence-electron chi connectivity index (χ0n) is 13.1. The zero-order valence-corrected chi connectivity index (χ0v) is 14.8. The van der Waals surface area contributed by atoms with Crippen LogP contribution in [-0.2, 0) is 33.9 Å². The second kappa shape index (κ2) is 6.38. The molecule has 0 saturated heterocycles. The molecule has 1 amide bonds. The maximum Gasteiger partial charge on any atom is 0.229 e. The minimum Gasteiger partial charge on any atom is -0.316 e. The first kappa shape index (κ1) is 16.7. The van der Waals surface area contributed by atoms with Crippen molar-refractivity contribution in [3.63, 3.8) is 0 Å². The van der Waals surface area contributed by atoms with Gasteiger partial charge in [-0.1, -0.05) is 12.1 Å². The molecule has 1 heterocycles. The Bertz CT molecular complexity index is 935. The predicted molar refractivity (Wildman–Crippen MR) is 92.9 cm³/mol. The fraction of sp³-hybridized carbons (Fsp3) is 0.294. The number of rotatable bonds is 4. The summed E-state index contributed by atoms with van der Waals surface area (Å²) in [6.07, 6.45) is 4.22. The molecule has 1 aromatic carbocycles. The number of nitriles is 1. The van der Waals surface area contributed by atoms with Crippen LogP contribution < -0.4 is 5.32 Å². The summed E-state index contributed by atoms with van der Waals surface area (Å²) in [6.45, 7) is 0. The van der Waals surface area contributed by atoms with Crippen LogP contribution in [0, 0.1) is 11.3 Å². The molecular formula is C17H16N2O3S2. The lowest BCUT2D eigenvalue weighted by Crippen LogP contribution is -2.14. The van der Waals surface area contributed by atoms with Crippen molar-refractivity contribution < 1.29 is 13.2 Å². The molecule has 5 nitrogen and oxygen atoms in total. The van der Waals surface area contributed by atoms with Crippen molar-refractivity contribution in [3.8, 4) is 6.07 Å². The van der Waals surface area contributed by atoms with Gasteiger partial charge in [0, 0.05) is 11.1 Å². The van der Waals surface area contributed by atoms with Crippen LogP contribution in [0.4, 0.5) is 5.00 Å². The van der Waals surface area contributed by atoms with Crippen molar-refractivity contribution in [2.75, 3.05) is 11.6 Å². The molecule has 0 spiro atoms. The number of thiophene rings is 1. The number of hydrogen-bond acceptors (Lipinski definition) is 5. The SMILES string of the molecule is CS(=O)(=O)c1ccc(CC(=O)Nc2sc3c(c2C#N)CCC3)cc1. The third-order valence-corrected chi connectivity index (χ3v) is 6.34. The summed E-state index contributed by atoms with van der Waals surface area (Å²) in [5.74, 6) is -0.210. The Morgan fingerprint density at radius 2 is 2.00 bits per heavy atom. The van der Waals surface area contributed by atoms with Gasteiger partial charge in [-0.25, -0.2) is 8.42 Å². The average Bonchev–Trinajstić information content (AvgIpc) is 3.07. The number of sulfone groups is 1. The van der Waals surface area contributed by atoms with E-state index in [2.05, 4.69) is 11.4 Å². The third kappa shape index (κ3) is 3.35. The first-order valence-electron chi connectivity index (χ1n) is 7.52. The van der Waals surface area contributed by atoms with Crippen LogP contribution in [0.15, 0.2) is 29.2 Å². The molecule has 0 saturated carbocycles. The summed E-state index contributed by atoms with van der Waals surface area (Å²) in [6, 6.07) is 8.46. The number of hydrogen-bond donors (Lipinski definition) is 1. The fourth-order valence-corrected chi connectivity index (χ4v) is 4.71. The zero-order chi connectivity index (χ0) is 17.3. The first-order chi connectivity index (χ1) is 11.4.